The summed E-state index contributed by atoms with van der Waals surface area (Å²) in [6.45, 7) is 14.9. The Morgan fingerprint density at radius 2 is 1.69 bits per heavy atom. The quantitative estimate of drug-likeness (QED) is 0.182. The summed E-state index contributed by atoms with van der Waals surface area (Å²) in [5.41, 5.74) is 4.66. The lowest BCUT2D eigenvalue weighted by atomic mass is 9.73. The third kappa shape index (κ3) is 9.67. The standard InChI is InChI=1S/C43H66N6O10/c1-12-32-43(8)37(49(41(54)59-43)18-14-13-17-48-22-30(46-23-48)29-15-16-33(44)45-21-29)26(4)34(50)24(2)20-42(7,55-11)38(27(5)35(51)28(6)39(53)57-32)58-40-36(52)31(47(9)10)19-25(3)56-40/h15-16,21-28,31-32,36-38,40,52H,12-14,17-20H2,1-11H3,(H2,44,45)/t24-,25-,26+,27+,28-,31+,32-,36-,37-,38-,40?,42+,43-/m1/s1. The number of aliphatic hydroxyl groups is 1. The predicted molar refractivity (Wildman–Crippen MR) is 219 cm³/mol. The van der Waals surface area contributed by atoms with Gasteiger partial charge in [0.05, 0.1) is 35.9 Å². The molecule has 0 aliphatic carbocycles. The van der Waals surface area contributed by atoms with E-state index in [0.29, 0.717) is 31.6 Å². The number of anilines is 1. The molecule has 16 heteroatoms. The molecule has 2 aromatic heterocycles. The van der Waals surface area contributed by atoms with E-state index in [-0.39, 0.29) is 37.3 Å². The molecular formula is C43H66N6O10. The summed E-state index contributed by atoms with van der Waals surface area (Å²) in [6.07, 6.45) is 2.50. The van der Waals surface area contributed by atoms with E-state index in [1.165, 1.54) is 14.0 Å². The Balaban J connectivity index is 1.43. The van der Waals surface area contributed by atoms with E-state index in [1.54, 1.807) is 58.1 Å². The lowest BCUT2D eigenvalue weighted by Gasteiger charge is -2.47. The molecule has 16 nitrogen and oxygen atoms in total. The summed E-state index contributed by atoms with van der Waals surface area (Å²) in [5, 5.41) is 11.4. The Kier molecular flexibility index (Phi) is 14.7. The number of Topliss-reactive ketones (excluding diaryl/α,β-unsaturated/α-hetero) is 2. The number of aromatic nitrogens is 3. The maximum Gasteiger partial charge on any atom is 0.410 e. The fourth-order valence-electron chi connectivity index (χ4n) is 9.47. The number of aryl methyl sites for hydroxylation is 1. The molecule has 3 N–H and O–H groups in total. The Hall–Kier alpha value is -3.96. The van der Waals surface area contributed by atoms with E-state index in [4.69, 9.17) is 29.4 Å². The molecule has 3 saturated heterocycles. The predicted octanol–water partition coefficient (Wildman–Crippen LogP) is 4.51. The number of esters is 1. The number of ether oxygens (including phenoxy) is 5. The van der Waals surface area contributed by atoms with Gasteiger partial charge in [0.1, 0.15) is 29.7 Å². The van der Waals surface area contributed by atoms with Gasteiger partial charge in [-0.05, 0) is 86.0 Å². The number of cyclic esters (lactones) is 1. The first kappa shape index (κ1) is 46.1. The van der Waals surface area contributed by atoms with Crippen molar-refractivity contribution in [3.05, 3.63) is 30.9 Å². The number of hydrogen-bond donors (Lipinski definition) is 2. The van der Waals surface area contributed by atoms with E-state index in [9.17, 15) is 24.3 Å². The molecule has 59 heavy (non-hydrogen) atoms. The molecule has 5 heterocycles. The van der Waals surface area contributed by atoms with Gasteiger partial charge in [0.25, 0.3) is 0 Å². The van der Waals surface area contributed by atoms with Crippen LogP contribution in [0.5, 0.6) is 0 Å². The average molecular weight is 827 g/mol. The molecule has 3 aliphatic heterocycles. The molecule has 3 aliphatic rings. The van der Waals surface area contributed by atoms with Crippen LogP contribution in [-0.4, -0.2) is 135 Å². The summed E-state index contributed by atoms with van der Waals surface area (Å²) >= 11 is 0. The number of fused-ring (bicyclic) bond motifs is 1. The van der Waals surface area contributed by atoms with E-state index in [2.05, 4.69) is 9.97 Å². The van der Waals surface area contributed by atoms with E-state index >= 15 is 0 Å². The van der Waals surface area contributed by atoms with Crippen LogP contribution < -0.4 is 5.73 Å². The highest BCUT2D eigenvalue weighted by molar-refractivity contribution is 6.00. The molecule has 1 amide bonds. The molecular weight excluding hydrogens is 761 g/mol. The smallest absolute Gasteiger partial charge is 0.410 e. The van der Waals surface area contributed by atoms with Gasteiger partial charge >= 0.3 is 12.1 Å². The maximum atomic E-state index is 14.7. The van der Waals surface area contributed by atoms with Crippen LogP contribution in [0.25, 0.3) is 11.3 Å². The normalized spacial score (nSPS) is 36.3. The van der Waals surface area contributed by atoms with Gasteiger partial charge in [-0.2, -0.15) is 0 Å². The number of carbonyl (C=O) groups excluding carboxylic acids is 4. The van der Waals surface area contributed by atoms with Crippen molar-refractivity contribution < 1.29 is 48.0 Å². The summed E-state index contributed by atoms with van der Waals surface area (Å²) in [7, 11) is 5.23. The number of aliphatic hydroxyl groups excluding tert-OH is 1. The van der Waals surface area contributed by atoms with Gasteiger partial charge in [-0.1, -0.05) is 27.7 Å². The lowest BCUT2D eigenvalue weighted by molar-refractivity contribution is -0.295. The lowest BCUT2D eigenvalue weighted by Crippen LogP contribution is -2.60. The molecule has 3 fully saturated rings. The molecule has 0 aromatic carbocycles. The number of amides is 1. The van der Waals surface area contributed by atoms with Gasteiger partial charge in [-0.25, -0.2) is 14.8 Å². The van der Waals surface area contributed by atoms with Crippen molar-refractivity contribution in [1.82, 2.24) is 24.3 Å². The molecule has 2 aromatic rings. The minimum atomic E-state index is -1.41. The highest BCUT2D eigenvalue weighted by atomic mass is 16.7. The number of rotatable bonds is 11. The molecule has 0 radical (unpaired) electrons. The van der Waals surface area contributed by atoms with Gasteiger partial charge in [-0.15, -0.1) is 0 Å². The van der Waals surface area contributed by atoms with Crippen LogP contribution in [0, 0.1) is 23.7 Å². The number of methoxy groups -OCH3 is 1. The number of ketones is 2. The highest BCUT2D eigenvalue weighted by Crippen LogP contribution is 2.43. The van der Waals surface area contributed by atoms with Gasteiger partial charge in [-0.3, -0.25) is 14.4 Å². The number of nitrogens with two attached hydrogens (primary N) is 1. The third-order valence-electron chi connectivity index (χ3n) is 12.9. The van der Waals surface area contributed by atoms with Crippen LogP contribution >= 0.6 is 0 Å². The third-order valence-corrected chi connectivity index (χ3v) is 12.9. The van der Waals surface area contributed by atoms with Crippen LogP contribution in [0.3, 0.4) is 0 Å². The molecule has 328 valence electrons. The highest BCUT2D eigenvalue weighted by Gasteiger charge is 2.60. The topological polar surface area (TPSA) is 198 Å². The molecule has 1 unspecified atom stereocenters. The van der Waals surface area contributed by atoms with Gasteiger partial charge in [0, 0.05) is 62.0 Å². The largest absolute Gasteiger partial charge is 0.458 e. The number of likely N-dealkylation sites (N-methyl/N-ethyl adjacent to an activating group) is 1. The number of nitrogen functional groups attached to an aromatic ring is 1. The molecule has 0 saturated carbocycles. The minimum Gasteiger partial charge on any atom is -0.458 e. The zero-order valence-electron chi connectivity index (χ0n) is 36.6. The Morgan fingerprint density at radius 1 is 1.00 bits per heavy atom. The second-order valence-electron chi connectivity index (χ2n) is 17.6. The Morgan fingerprint density at radius 3 is 2.32 bits per heavy atom. The number of carbonyl (C=O) groups is 4. The number of unbranched alkanes of at least 4 members (excludes halogenated alkanes) is 1. The fraction of sp³-hybridized carbons (Fsp3) is 0.721. The molecule has 0 bridgehead atoms. The van der Waals surface area contributed by atoms with Crippen molar-refractivity contribution >= 4 is 29.4 Å². The van der Waals surface area contributed by atoms with Crippen LogP contribution in [0.15, 0.2) is 30.9 Å². The van der Waals surface area contributed by atoms with E-state index in [0.717, 1.165) is 11.3 Å². The number of hydrogen-bond acceptors (Lipinski definition) is 14. The number of pyridine rings is 1. The van der Waals surface area contributed by atoms with Gasteiger partial charge < -0.3 is 48.9 Å². The van der Waals surface area contributed by atoms with Crippen LogP contribution in [-0.2, 0) is 44.6 Å². The van der Waals surface area contributed by atoms with Crippen molar-refractivity contribution in [2.24, 2.45) is 23.7 Å². The second kappa shape index (κ2) is 18.8. The molecule has 13 atom stereocenters. The Labute approximate surface area is 348 Å². The van der Waals surface area contributed by atoms with Gasteiger partial charge in [0.2, 0.25) is 0 Å². The zero-order valence-corrected chi connectivity index (χ0v) is 36.6. The van der Waals surface area contributed by atoms with Crippen LogP contribution in [0.1, 0.15) is 87.5 Å². The first-order valence-corrected chi connectivity index (χ1v) is 21.0. The van der Waals surface area contributed by atoms with Crippen molar-refractivity contribution in [3.63, 3.8) is 0 Å². The summed E-state index contributed by atoms with van der Waals surface area (Å²) in [6, 6.07) is 2.50. The second-order valence-corrected chi connectivity index (χ2v) is 17.6. The van der Waals surface area contributed by atoms with Crippen LogP contribution in [0.4, 0.5) is 10.6 Å². The van der Waals surface area contributed by atoms with Crippen molar-refractivity contribution in [1.29, 1.82) is 0 Å². The molecule has 0 spiro atoms. The van der Waals surface area contributed by atoms with Crippen molar-refractivity contribution in [3.8, 4) is 11.3 Å². The zero-order chi connectivity index (χ0) is 43.6. The fourth-order valence-corrected chi connectivity index (χ4v) is 9.47. The monoisotopic (exact) mass is 826 g/mol. The summed E-state index contributed by atoms with van der Waals surface area (Å²) in [4.78, 5) is 69.0. The summed E-state index contributed by atoms with van der Waals surface area (Å²) in [5.74, 6) is -4.57. The van der Waals surface area contributed by atoms with Crippen molar-refractivity contribution in [2.75, 3.05) is 33.5 Å². The SMILES string of the molecule is CC[C@H]1OC(=O)[C@H](C)C(=O)[C@H](C)[C@@H](OC2O[C@H](C)C[C@H](N(C)C)[C@H]2O)[C@@](C)(OC)C[C@@H](C)C(=O)[C@H](C)[C@H]2N(CCCCn3cnc(-c4ccc(N)nc4)c3)C(=O)O[C@]12C. The van der Waals surface area contributed by atoms with Crippen LogP contribution in [0.2, 0.25) is 0 Å². The number of imidazole rings is 1. The maximum absolute atomic E-state index is 14.7. The van der Waals surface area contributed by atoms with E-state index in [1.807, 2.05) is 49.7 Å². The van der Waals surface area contributed by atoms with Crippen molar-refractivity contribution in [2.45, 2.75) is 148 Å². The average Bonchev–Trinajstić information content (AvgIpc) is 3.77. The first-order chi connectivity index (χ1) is 27.8. The van der Waals surface area contributed by atoms with E-state index < -0.39 is 83.4 Å². The number of nitrogens with zero attached hydrogens (tertiary/aromatic N) is 5. The minimum absolute atomic E-state index is 0.123. The Bertz CT molecular complexity index is 1790. The van der Waals surface area contributed by atoms with Gasteiger partial charge in [0.15, 0.2) is 17.7 Å². The summed E-state index contributed by atoms with van der Waals surface area (Å²) < 4.78 is 33.2. The first-order valence-electron chi connectivity index (χ1n) is 21.0. The molecule has 5 rings (SSSR count).